The molecule has 5 heteroatoms. The summed E-state index contributed by atoms with van der Waals surface area (Å²) in [6.07, 6.45) is 0.544. The van der Waals surface area contributed by atoms with Gasteiger partial charge in [-0.3, -0.25) is 4.52 Å². The Hall–Kier alpha value is -1.25. The van der Waals surface area contributed by atoms with E-state index in [9.17, 15) is 4.57 Å². The standard InChI is InChI=1S/C10H11O4P/c1-9-7-8-12-15(11,13-9)14-10-5-3-2-4-6-10/h2-6H,1,7-8H2. The minimum Gasteiger partial charge on any atom is -0.400 e. The highest BCUT2D eigenvalue weighted by Gasteiger charge is 2.34. The van der Waals surface area contributed by atoms with Crippen molar-refractivity contribution in [1.29, 1.82) is 0 Å². The largest absolute Gasteiger partial charge is 0.587 e. The Morgan fingerprint density at radius 1 is 1.33 bits per heavy atom. The lowest BCUT2D eigenvalue weighted by atomic mass is 10.3. The molecule has 1 fully saturated rings. The van der Waals surface area contributed by atoms with Crippen LogP contribution in [0.4, 0.5) is 0 Å². The number of rotatable bonds is 2. The predicted molar refractivity (Wildman–Crippen MR) is 55.5 cm³/mol. The first-order chi connectivity index (χ1) is 7.18. The van der Waals surface area contributed by atoms with Crippen LogP contribution < -0.4 is 4.52 Å². The van der Waals surface area contributed by atoms with E-state index in [-0.39, 0.29) is 0 Å². The van der Waals surface area contributed by atoms with Crippen molar-refractivity contribution in [3.63, 3.8) is 0 Å². The maximum atomic E-state index is 11.9. The van der Waals surface area contributed by atoms with Crippen molar-refractivity contribution in [2.45, 2.75) is 6.42 Å². The van der Waals surface area contributed by atoms with Gasteiger partial charge in [-0.05, 0) is 12.1 Å². The topological polar surface area (TPSA) is 44.8 Å². The van der Waals surface area contributed by atoms with Crippen molar-refractivity contribution in [2.75, 3.05) is 6.61 Å². The molecular formula is C10H11O4P. The van der Waals surface area contributed by atoms with Crippen LogP contribution in [-0.2, 0) is 13.6 Å². The summed E-state index contributed by atoms with van der Waals surface area (Å²) in [6, 6.07) is 8.76. The molecule has 1 aliphatic heterocycles. The second kappa shape index (κ2) is 4.09. The van der Waals surface area contributed by atoms with E-state index in [1.807, 2.05) is 6.07 Å². The van der Waals surface area contributed by atoms with Gasteiger partial charge in [-0.2, -0.15) is 0 Å². The molecule has 0 amide bonds. The van der Waals surface area contributed by atoms with Gasteiger partial charge >= 0.3 is 7.82 Å². The molecule has 1 aromatic carbocycles. The summed E-state index contributed by atoms with van der Waals surface area (Å²) in [5.41, 5.74) is 0. The molecule has 1 heterocycles. The normalized spacial score (nSPS) is 25.7. The monoisotopic (exact) mass is 226 g/mol. The minimum atomic E-state index is -3.49. The first-order valence-corrected chi connectivity index (χ1v) is 6.01. The average molecular weight is 226 g/mol. The highest BCUT2D eigenvalue weighted by molar-refractivity contribution is 7.49. The summed E-state index contributed by atoms with van der Waals surface area (Å²) in [5, 5.41) is 0. The van der Waals surface area contributed by atoms with E-state index in [0.29, 0.717) is 24.5 Å². The van der Waals surface area contributed by atoms with E-state index in [2.05, 4.69) is 6.58 Å². The fraction of sp³-hybridized carbons (Fsp3) is 0.200. The van der Waals surface area contributed by atoms with Gasteiger partial charge in [0, 0.05) is 6.42 Å². The molecule has 0 aromatic heterocycles. The van der Waals surface area contributed by atoms with E-state index in [1.165, 1.54) is 0 Å². The predicted octanol–water partition coefficient (Wildman–Crippen LogP) is 3.12. The van der Waals surface area contributed by atoms with Crippen LogP contribution in [0.25, 0.3) is 0 Å². The van der Waals surface area contributed by atoms with Crippen molar-refractivity contribution in [2.24, 2.45) is 0 Å². The Kier molecular flexibility index (Phi) is 2.80. The first-order valence-electron chi connectivity index (χ1n) is 4.55. The molecule has 1 saturated heterocycles. The second-order valence-electron chi connectivity index (χ2n) is 3.06. The van der Waals surface area contributed by atoms with Crippen LogP contribution in [0.5, 0.6) is 5.75 Å². The zero-order valence-electron chi connectivity index (χ0n) is 8.09. The van der Waals surface area contributed by atoms with Crippen LogP contribution in [0.1, 0.15) is 6.42 Å². The molecule has 1 aromatic rings. The lowest BCUT2D eigenvalue weighted by molar-refractivity contribution is 0.146. The van der Waals surface area contributed by atoms with Crippen LogP contribution in [-0.4, -0.2) is 6.61 Å². The lowest BCUT2D eigenvalue weighted by Crippen LogP contribution is -2.09. The summed E-state index contributed by atoms with van der Waals surface area (Å²) in [7, 11) is -3.49. The van der Waals surface area contributed by atoms with Gasteiger partial charge in [-0.1, -0.05) is 24.8 Å². The molecule has 0 bridgehead atoms. The van der Waals surface area contributed by atoms with Gasteiger partial charge in [0.25, 0.3) is 0 Å². The third-order valence-corrected chi connectivity index (χ3v) is 3.25. The van der Waals surface area contributed by atoms with Crippen LogP contribution >= 0.6 is 7.82 Å². The molecule has 80 valence electrons. The third kappa shape index (κ3) is 2.61. The number of phosphoric acid groups is 1. The molecule has 2 rings (SSSR count). The van der Waals surface area contributed by atoms with Crippen molar-refractivity contribution < 1.29 is 18.1 Å². The van der Waals surface area contributed by atoms with Crippen LogP contribution in [0.3, 0.4) is 0 Å². The van der Waals surface area contributed by atoms with Gasteiger partial charge in [-0.15, -0.1) is 0 Å². The maximum absolute atomic E-state index is 11.9. The Labute approximate surface area is 88.1 Å². The zero-order valence-corrected chi connectivity index (χ0v) is 8.98. The molecule has 4 nitrogen and oxygen atoms in total. The first kappa shape index (κ1) is 10.3. The summed E-state index contributed by atoms with van der Waals surface area (Å²) in [5.74, 6) is 0.885. The van der Waals surface area contributed by atoms with E-state index in [0.717, 1.165) is 0 Å². The van der Waals surface area contributed by atoms with Gasteiger partial charge < -0.3 is 9.05 Å². The molecular weight excluding hydrogens is 215 g/mol. The van der Waals surface area contributed by atoms with Gasteiger partial charge in [0.2, 0.25) is 0 Å². The number of benzene rings is 1. The molecule has 1 atom stereocenters. The summed E-state index contributed by atoms with van der Waals surface area (Å²) in [6.45, 7) is 3.91. The van der Waals surface area contributed by atoms with Crippen molar-refractivity contribution in [3.05, 3.63) is 42.7 Å². The molecule has 0 radical (unpaired) electrons. The molecule has 15 heavy (non-hydrogen) atoms. The molecule has 1 aliphatic rings. The number of phosphoric ester groups is 1. The quantitative estimate of drug-likeness (QED) is 0.726. The molecule has 0 aliphatic carbocycles. The summed E-state index contributed by atoms with van der Waals surface area (Å²) < 4.78 is 27.0. The maximum Gasteiger partial charge on any atom is 0.587 e. The van der Waals surface area contributed by atoms with Crippen LogP contribution in [0.2, 0.25) is 0 Å². The Morgan fingerprint density at radius 2 is 2.07 bits per heavy atom. The SMILES string of the molecule is C=C1CCOP(=O)(Oc2ccccc2)O1. The van der Waals surface area contributed by atoms with Gasteiger partial charge in [-0.25, -0.2) is 4.57 Å². The number of hydrogen-bond acceptors (Lipinski definition) is 4. The number of para-hydroxylation sites is 1. The van der Waals surface area contributed by atoms with Gasteiger partial charge in [0.15, 0.2) is 0 Å². The fourth-order valence-corrected chi connectivity index (χ4v) is 2.40. The van der Waals surface area contributed by atoms with Crippen molar-refractivity contribution in [3.8, 4) is 5.75 Å². The number of hydrogen-bond donors (Lipinski definition) is 0. The Morgan fingerprint density at radius 3 is 2.73 bits per heavy atom. The van der Waals surface area contributed by atoms with Crippen LogP contribution in [0.15, 0.2) is 42.7 Å². The second-order valence-corrected chi connectivity index (χ2v) is 4.58. The zero-order chi connectivity index (χ0) is 10.7. The van der Waals surface area contributed by atoms with E-state index < -0.39 is 7.82 Å². The van der Waals surface area contributed by atoms with Crippen LogP contribution in [0, 0.1) is 0 Å². The molecule has 0 N–H and O–H groups in total. The van der Waals surface area contributed by atoms with Gasteiger partial charge in [0.1, 0.15) is 11.5 Å². The average Bonchev–Trinajstić information content (AvgIpc) is 2.18. The Balaban J connectivity index is 2.11. The molecule has 0 spiro atoms. The van der Waals surface area contributed by atoms with Crippen molar-refractivity contribution >= 4 is 7.82 Å². The molecule has 1 unspecified atom stereocenters. The summed E-state index contributed by atoms with van der Waals surface area (Å²) >= 11 is 0. The fourth-order valence-electron chi connectivity index (χ4n) is 1.16. The summed E-state index contributed by atoms with van der Waals surface area (Å²) in [4.78, 5) is 0. The smallest absolute Gasteiger partial charge is 0.400 e. The third-order valence-electron chi connectivity index (χ3n) is 1.83. The van der Waals surface area contributed by atoms with E-state index >= 15 is 0 Å². The highest BCUT2D eigenvalue weighted by atomic mass is 31.2. The Bertz CT molecular complexity index is 401. The minimum absolute atomic E-state index is 0.308. The molecule has 0 saturated carbocycles. The van der Waals surface area contributed by atoms with E-state index in [1.54, 1.807) is 24.3 Å². The highest BCUT2D eigenvalue weighted by Crippen LogP contribution is 2.53. The van der Waals surface area contributed by atoms with E-state index in [4.69, 9.17) is 13.6 Å². The van der Waals surface area contributed by atoms with Crippen molar-refractivity contribution in [1.82, 2.24) is 0 Å². The van der Waals surface area contributed by atoms with Gasteiger partial charge in [0.05, 0.1) is 6.61 Å². The lowest BCUT2D eigenvalue weighted by Gasteiger charge is -2.23.